The summed E-state index contributed by atoms with van der Waals surface area (Å²) < 4.78 is 7.70. The summed E-state index contributed by atoms with van der Waals surface area (Å²) in [5.41, 5.74) is 10.4. The van der Waals surface area contributed by atoms with E-state index >= 15 is 0 Å². The first-order chi connectivity index (χ1) is 14.8. The molecule has 0 amide bonds. The first-order valence-corrected chi connectivity index (χ1v) is 9.46. The molecule has 2 aromatic carbocycles. The highest BCUT2D eigenvalue weighted by Gasteiger charge is 2.18. The highest BCUT2D eigenvalue weighted by Crippen LogP contribution is 2.32. The van der Waals surface area contributed by atoms with Crippen LogP contribution in [0.25, 0.3) is 28.2 Å². The van der Waals surface area contributed by atoms with Crippen LogP contribution >= 0.6 is 0 Å². The molecule has 0 radical (unpaired) electrons. The quantitative estimate of drug-likeness (QED) is 0.484. The summed E-state index contributed by atoms with van der Waals surface area (Å²) in [5.74, 6) is 1.79. The second kappa shape index (κ2) is 7.63. The van der Waals surface area contributed by atoms with Gasteiger partial charge in [0.15, 0.2) is 11.6 Å². The molecule has 0 aliphatic rings. The predicted molar refractivity (Wildman–Crippen MR) is 115 cm³/mol. The van der Waals surface area contributed by atoms with Crippen LogP contribution < -0.4 is 10.5 Å². The second-order valence-corrected chi connectivity index (χ2v) is 6.73. The van der Waals surface area contributed by atoms with Gasteiger partial charge in [-0.25, -0.2) is 14.5 Å². The standard InChI is InChI=1S/C23H18N6O/c24-22-21-20(28-23(29(21)27-15-26-22)17-9-11-25-12-10-17)18-7-4-8-19(13-18)30-14-16-5-2-1-3-6-16/h1-13,15H,14H2,(H2,24,26,27). The summed E-state index contributed by atoms with van der Waals surface area (Å²) in [7, 11) is 0. The third-order valence-electron chi connectivity index (χ3n) is 4.76. The van der Waals surface area contributed by atoms with Gasteiger partial charge in [-0.3, -0.25) is 4.98 Å². The van der Waals surface area contributed by atoms with E-state index in [0.717, 1.165) is 22.4 Å². The van der Waals surface area contributed by atoms with Crippen molar-refractivity contribution in [2.45, 2.75) is 6.61 Å². The first kappa shape index (κ1) is 17.8. The van der Waals surface area contributed by atoms with Gasteiger partial charge >= 0.3 is 0 Å². The highest BCUT2D eigenvalue weighted by atomic mass is 16.5. The molecule has 0 aliphatic heterocycles. The summed E-state index contributed by atoms with van der Waals surface area (Å²) in [5, 5.41) is 4.37. The van der Waals surface area contributed by atoms with Gasteiger partial charge in [0.25, 0.3) is 0 Å². The first-order valence-electron chi connectivity index (χ1n) is 9.46. The van der Waals surface area contributed by atoms with E-state index in [2.05, 4.69) is 15.1 Å². The van der Waals surface area contributed by atoms with Crippen molar-refractivity contribution in [3.8, 4) is 28.4 Å². The van der Waals surface area contributed by atoms with E-state index in [4.69, 9.17) is 15.5 Å². The molecule has 5 aromatic rings. The van der Waals surface area contributed by atoms with Crippen molar-refractivity contribution in [3.63, 3.8) is 0 Å². The summed E-state index contributed by atoms with van der Waals surface area (Å²) in [6.45, 7) is 0.488. The van der Waals surface area contributed by atoms with Crippen LogP contribution in [0.15, 0.2) is 85.5 Å². The van der Waals surface area contributed by atoms with Crippen molar-refractivity contribution >= 4 is 11.3 Å². The molecule has 0 saturated heterocycles. The van der Waals surface area contributed by atoms with Gasteiger partial charge < -0.3 is 10.5 Å². The van der Waals surface area contributed by atoms with E-state index in [1.54, 1.807) is 16.9 Å². The Hall–Kier alpha value is -4.26. The normalized spacial score (nSPS) is 10.9. The van der Waals surface area contributed by atoms with Crippen LogP contribution in [0.5, 0.6) is 5.75 Å². The molecule has 7 nitrogen and oxygen atoms in total. The number of imidazole rings is 1. The Kier molecular flexibility index (Phi) is 4.53. The van der Waals surface area contributed by atoms with Crippen molar-refractivity contribution in [2.75, 3.05) is 5.73 Å². The van der Waals surface area contributed by atoms with Crippen LogP contribution in [-0.2, 0) is 6.61 Å². The van der Waals surface area contributed by atoms with Crippen molar-refractivity contribution in [1.29, 1.82) is 0 Å². The van der Waals surface area contributed by atoms with Crippen LogP contribution in [0.2, 0.25) is 0 Å². The van der Waals surface area contributed by atoms with E-state index in [0.29, 0.717) is 29.5 Å². The Balaban J connectivity index is 1.57. The van der Waals surface area contributed by atoms with Gasteiger partial charge in [-0.05, 0) is 29.8 Å². The SMILES string of the molecule is Nc1ncnn2c(-c3ccncc3)nc(-c3cccc(OCc4ccccc4)c3)c12. The second-order valence-electron chi connectivity index (χ2n) is 6.73. The van der Waals surface area contributed by atoms with Crippen molar-refractivity contribution < 1.29 is 4.74 Å². The minimum absolute atomic E-state index is 0.364. The van der Waals surface area contributed by atoms with Crippen LogP contribution in [0.1, 0.15) is 5.56 Å². The van der Waals surface area contributed by atoms with Crippen LogP contribution in [0.4, 0.5) is 5.82 Å². The zero-order valence-corrected chi connectivity index (χ0v) is 16.0. The molecule has 7 heteroatoms. The molecule has 3 aromatic heterocycles. The number of fused-ring (bicyclic) bond motifs is 1. The van der Waals surface area contributed by atoms with Gasteiger partial charge in [0, 0.05) is 23.5 Å². The molecule has 3 heterocycles. The van der Waals surface area contributed by atoms with E-state index in [9.17, 15) is 0 Å². The average Bonchev–Trinajstić information content (AvgIpc) is 3.20. The molecule has 2 N–H and O–H groups in total. The number of rotatable bonds is 5. The molecular formula is C23H18N6O. The monoisotopic (exact) mass is 394 g/mol. The van der Waals surface area contributed by atoms with Gasteiger partial charge in [-0.15, -0.1) is 0 Å². The number of nitrogens with two attached hydrogens (primary N) is 1. The van der Waals surface area contributed by atoms with Crippen LogP contribution in [0.3, 0.4) is 0 Å². The molecule has 0 spiro atoms. The van der Waals surface area contributed by atoms with Crippen molar-refractivity contribution in [3.05, 3.63) is 91.0 Å². The molecule has 0 bridgehead atoms. The number of hydrogen-bond acceptors (Lipinski definition) is 6. The average molecular weight is 394 g/mol. The van der Waals surface area contributed by atoms with Gasteiger partial charge in [0.05, 0.1) is 0 Å². The highest BCUT2D eigenvalue weighted by molar-refractivity contribution is 5.87. The number of nitrogen functional groups attached to an aromatic ring is 1. The lowest BCUT2D eigenvalue weighted by Crippen LogP contribution is -2.00. The molecule has 0 saturated carbocycles. The van der Waals surface area contributed by atoms with Gasteiger partial charge in [-0.1, -0.05) is 42.5 Å². The van der Waals surface area contributed by atoms with E-state index in [1.165, 1.54) is 6.33 Å². The number of ether oxygens (including phenoxy) is 1. The number of nitrogens with zero attached hydrogens (tertiary/aromatic N) is 5. The summed E-state index contributed by atoms with van der Waals surface area (Å²) in [6, 6.07) is 21.6. The summed E-state index contributed by atoms with van der Waals surface area (Å²) in [6.07, 6.45) is 4.87. The molecule has 0 aliphatic carbocycles. The Morgan fingerprint density at radius 3 is 2.57 bits per heavy atom. The van der Waals surface area contributed by atoms with Crippen LogP contribution in [0, 0.1) is 0 Å². The van der Waals surface area contributed by atoms with Gasteiger partial charge in [-0.2, -0.15) is 5.10 Å². The zero-order chi connectivity index (χ0) is 20.3. The fraction of sp³-hybridized carbons (Fsp3) is 0.0435. The Morgan fingerprint density at radius 2 is 1.73 bits per heavy atom. The Labute approximate surface area is 172 Å². The smallest absolute Gasteiger partial charge is 0.162 e. The molecule has 0 fully saturated rings. The third-order valence-corrected chi connectivity index (χ3v) is 4.76. The lowest BCUT2D eigenvalue weighted by atomic mass is 10.1. The van der Waals surface area contributed by atoms with Crippen molar-refractivity contribution in [1.82, 2.24) is 24.6 Å². The van der Waals surface area contributed by atoms with Crippen molar-refractivity contribution in [2.24, 2.45) is 0 Å². The maximum atomic E-state index is 6.20. The van der Waals surface area contributed by atoms with E-state index in [1.807, 2.05) is 66.7 Å². The third kappa shape index (κ3) is 3.33. The molecule has 146 valence electrons. The summed E-state index contributed by atoms with van der Waals surface area (Å²) in [4.78, 5) is 13.1. The van der Waals surface area contributed by atoms with Gasteiger partial charge in [0.2, 0.25) is 0 Å². The largest absolute Gasteiger partial charge is 0.489 e. The van der Waals surface area contributed by atoms with Crippen LogP contribution in [-0.4, -0.2) is 24.6 Å². The predicted octanol–water partition coefficient (Wildman–Crippen LogP) is 4.01. The van der Waals surface area contributed by atoms with E-state index in [-0.39, 0.29) is 0 Å². The number of anilines is 1. The minimum Gasteiger partial charge on any atom is -0.489 e. The fourth-order valence-corrected chi connectivity index (χ4v) is 3.32. The molecule has 0 atom stereocenters. The minimum atomic E-state index is 0.364. The van der Waals surface area contributed by atoms with Gasteiger partial charge in [0.1, 0.15) is 29.9 Å². The zero-order valence-electron chi connectivity index (χ0n) is 16.0. The molecule has 0 unspecified atom stereocenters. The lowest BCUT2D eigenvalue weighted by molar-refractivity contribution is 0.306. The number of pyridine rings is 1. The van der Waals surface area contributed by atoms with E-state index < -0.39 is 0 Å². The maximum Gasteiger partial charge on any atom is 0.162 e. The topological polar surface area (TPSA) is 91.2 Å². The summed E-state index contributed by atoms with van der Waals surface area (Å²) >= 11 is 0. The number of hydrogen-bond donors (Lipinski definition) is 1. The Bertz CT molecular complexity index is 1300. The maximum absolute atomic E-state index is 6.20. The Morgan fingerprint density at radius 1 is 0.900 bits per heavy atom. The molecule has 5 rings (SSSR count). The molecule has 30 heavy (non-hydrogen) atoms. The molecular weight excluding hydrogens is 376 g/mol. The lowest BCUT2D eigenvalue weighted by Gasteiger charge is -2.08. The number of benzene rings is 2. The fourth-order valence-electron chi connectivity index (χ4n) is 3.32. The number of aromatic nitrogens is 5.